The van der Waals surface area contributed by atoms with Crippen molar-refractivity contribution in [2.45, 2.75) is 25.3 Å². The fourth-order valence-electron chi connectivity index (χ4n) is 2.71. The molecule has 3 rings (SSSR count). The van der Waals surface area contributed by atoms with E-state index in [1.807, 2.05) is 16.7 Å². The maximum Gasteiger partial charge on any atom is 0.312 e. The number of carboxylic acid groups (broad SMARTS) is 1. The smallest absolute Gasteiger partial charge is 0.312 e. The molecule has 6 nitrogen and oxygen atoms in total. The monoisotopic (exact) mass is 336 g/mol. The summed E-state index contributed by atoms with van der Waals surface area (Å²) in [5, 5.41) is 9.59. The average Bonchev–Trinajstić information content (AvgIpc) is 2.89. The van der Waals surface area contributed by atoms with Crippen LogP contribution in [0.15, 0.2) is 66.8 Å². The van der Waals surface area contributed by atoms with E-state index in [4.69, 9.17) is 5.73 Å². The third kappa shape index (κ3) is 4.44. The lowest BCUT2D eigenvalue weighted by molar-refractivity contribution is -0.138. The van der Waals surface area contributed by atoms with Gasteiger partial charge < -0.3 is 15.4 Å². The van der Waals surface area contributed by atoms with E-state index in [-0.39, 0.29) is 0 Å². The summed E-state index contributed by atoms with van der Waals surface area (Å²) in [6.45, 7) is 0.668. The molecule has 25 heavy (non-hydrogen) atoms. The van der Waals surface area contributed by atoms with Gasteiger partial charge in [-0.25, -0.2) is 9.97 Å². The molecule has 1 atom stereocenters. The molecule has 0 saturated carbocycles. The number of rotatable bonds is 6. The molecule has 0 radical (unpaired) electrons. The number of hydrogen-bond acceptors (Lipinski definition) is 4. The summed E-state index contributed by atoms with van der Waals surface area (Å²) in [7, 11) is 0. The minimum Gasteiger partial charge on any atom is -0.481 e. The summed E-state index contributed by atoms with van der Waals surface area (Å²) in [5.41, 5.74) is 8.10. The number of pyridine rings is 1. The van der Waals surface area contributed by atoms with Gasteiger partial charge in [-0.2, -0.15) is 0 Å². The third-order valence-electron chi connectivity index (χ3n) is 4.03. The second kappa shape index (κ2) is 7.61. The topological polar surface area (TPSA) is 94.0 Å². The Morgan fingerprint density at radius 2 is 2.20 bits per heavy atom. The molecule has 128 valence electrons. The predicted molar refractivity (Wildman–Crippen MR) is 95.9 cm³/mol. The molecule has 1 unspecified atom stereocenters. The number of anilines is 1. The number of hydrogen-bond donors (Lipinski definition) is 2. The van der Waals surface area contributed by atoms with Gasteiger partial charge in [0.1, 0.15) is 11.7 Å². The Hall–Kier alpha value is -3.15. The summed E-state index contributed by atoms with van der Waals surface area (Å²) in [4.78, 5) is 20.0. The summed E-state index contributed by atoms with van der Waals surface area (Å²) in [6, 6.07) is 3.47. The van der Waals surface area contributed by atoms with Gasteiger partial charge in [0, 0.05) is 18.9 Å². The first-order valence-electron chi connectivity index (χ1n) is 8.09. The zero-order valence-electron chi connectivity index (χ0n) is 13.7. The zero-order valence-corrected chi connectivity index (χ0v) is 13.7. The maximum atomic E-state index is 11.7. The first kappa shape index (κ1) is 16.7. The Bertz CT molecular complexity index is 831. The molecule has 6 heteroatoms. The van der Waals surface area contributed by atoms with Gasteiger partial charge in [0.05, 0.1) is 12.0 Å². The lowest BCUT2D eigenvalue weighted by atomic mass is 9.98. The molecule has 0 spiro atoms. The molecule has 3 N–H and O–H groups in total. The highest BCUT2D eigenvalue weighted by atomic mass is 16.4. The second-order valence-corrected chi connectivity index (χ2v) is 5.96. The number of carbonyl (C=O) groups is 1. The van der Waals surface area contributed by atoms with E-state index in [1.165, 1.54) is 5.57 Å². The summed E-state index contributed by atoms with van der Waals surface area (Å²) in [6.07, 6.45) is 16.6. The lowest BCUT2D eigenvalue weighted by Gasteiger charge is -2.10. The number of aromatic nitrogens is 3. The quantitative estimate of drug-likeness (QED) is 0.846. The van der Waals surface area contributed by atoms with Crippen molar-refractivity contribution in [1.82, 2.24) is 14.5 Å². The molecule has 0 aromatic carbocycles. The third-order valence-corrected chi connectivity index (χ3v) is 4.03. The maximum absolute atomic E-state index is 11.7. The van der Waals surface area contributed by atoms with E-state index in [0.29, 0.717) is 24.5 Å². The molecular weight excluding hydrogens is 316 g/mol. The van der Waals surface area contributed by atoms with Gasteiger partial charge >= 0.3 is 5.97 Å². The Morgan fingerprint density at radius 1 is 1.32 bits per heavy atom. The van der Waals surface area contributed by atoms with Crippen LogP contribution in [-0.2, 0) is 17.8 Å². The number of carboxylic acids is 1. The largest absolute Gasteiger partial charge is 0.481 e. The minimum absolute atomic E-state index is 0.326. The average molecular weight is 336 g/mol. The predicted octanol–water partition coefficient (Wildman–Crippen LogP) is 2.71. The minimum atomic E-state index is -0.903. The van der Waals surface area contributed by atoms with E-state index in [9.17, 15) is 9.90 Å². The molecule has 0 fully saturated rings. The summed E-state index contributed by atoms with van der Waals surface area (Å²) < 4.78 is 1.91. The fraction of sp³-hybridized carbons (Fsp3) is 0.211. The molecule has 0 saturated heterocycles. The van der Waals surface area contributed by atoms with Gasteiger partial charge in [-0.3, -0.25) is 4.79 Å². The van der Waals surface area contributed by atoms with Gasteiger partial charge in [-0.1, -0.05) is 36.4 Å². The van der Waals surface area contributed by atoms with Crippen molar-refractivity contribution >= 4 is 11.8 Å². The van der Waals surface area contributed by atoms with Gasteiger partial charge in [-0.05, 0) is 30.0 Å². The fourth-order valence-corrected chi connectivity index (χ4v) is 2.71. The van der Waals surface area contributed by atoms with E-state index in [1.54, 1.807) is 30.9 Å². The molecular formula is C19H20N4O2. The number of imidazole rings is 1. The van der Waals surface area contributed by atoms with Crippen molar-refractivity contribution in [3.05, 3.63) is 78.1 Å². The van der Waals surface area contributed by atoms with Gasteiger partial charge in [0.25, 0.3) is 0 Å². The normalized spacial score (nSPS) is 14.8. The summed E-state index contributed by atoms with van der Waals surface area (Å²) >= 11 is 0. The van der Waals surface area contributed by atoms with Crippen molar-refractivity contribution in [2.24, 2.45) is 0 Å². The van der Waals surface area contributed by atoms with Crippen LogP contribution in [0.3, 0.4) is 0 Å². The van der Waals surface area contributed by atoms with Crippen molar-refractivity contribution in [2.75, 3.05) is 5.73 Å². The molecule has 1 aliphatic rings. The van der Waals surface area contributed by atoms with Crippen molar-refractivity contribution in [3.8, 4) is 0 Å². The highest BCUT2D eigenvalue weighted by molar-refractivity contribution is 5.75. The molecule has 0 aliphatic heterocycles. The number of nitrogen functional groups attached to an aromatic ring is 1. The first-order valence-corrected chi connectivity index (χ1v) is 8.09. The Morgan fingerprint density at radius 3 is 2.96 bits per heavy atom. The van der Waals surface area contributed by atoms with Crippen LogP contribution in [0.2, 0.25) is 0 Å². The number of aliphatic carboxylic acids is 1. The second-order valence-electron chi connectivity index (χ2n) is 5.96. The van der Waals surface area contributed by atoms with Crippen LogP contribution in [-0.4, -0.2) is 25.6 Å². The Labute approximate surface area is 146 Å². The van der Waals surface area contributed by atoms with Crippen LogP contribution in [0.4, 0.5) is 5.82 Å². The lowest BCUT2D eigenvalue weighted by Crippen LogP contribution is -2.15. The van der Waals surface area contributed by atoms with E-state index in [2.05, 4.69) is 28.2 Å². The molecule has 2 aromatic rings. The van der Waals surface area contributed by atoms with Crippen molar-refractivity contribution in [3.63, 3.8) is 0 Å². The van der Waals surface area contributed by atoms with Crippen LogP contribution >= 0.6 is 0 Å². The van der Waals surface area contributed by atoms with Crippen molar-refractivity contribution < 1.29 is 9.90 Å². The zero-order chi connectivity index (χ0) is 17.6. The molecule has 0 amide bonds. The number of nitrogens with zero attached hydrogens (tertiary/aromatic N) is 3. The molecule has 1 aliphatic carbocycles. The Kier molecular flexibility index (Phi) is 5.09. The van der Waals surface area contributed by atoms with E-state index in [0.717, 1.165) is 12.0 Å². The van der Waals surface area contributed by atoms with E-state index < -0.39 is 11.9 Å². The van der Waals surface area contributed by atoms with Crippen LogP contribution < -0.4 is 5.73 Å². The standard InChI is InChI=1S/C19H20N4O2/c20-18-8-7-15(10-21-18)9-16(19(24)25)17-12-23(13-22-17)11-14-5-3-1-2-4-6-14/h1-3,5-8,10,12-13,16H,4,9,11H2,(H2,20,21)(H,24,25). The van der Waals surface area contributed by atoms with Crippen molar-refractivity contribution in [1.29, 1.82) is 0 Å². The molecule has 2 heterocycles. The number of nitrogens with two attached hydrogens (primary N) is 1. The van der Waals surface area contributed by atoms with Crippen LogP contribution in [0.1, 0.15) is 23.6 Å². The highest BCUT2D eigenvalue weighted by Crippen LogP contribution is 2.20. The summed E-state index contributed by atoms with van der Waals surface area (Å²) in [5.74, 6) is -1.20. The van der Waals surface area contributed by atoms with Crippen LogP contribution in [0.25, 0.3) is 0 Å². The van der Waals surface area contributed by atoms with Gasteiger partial charge in [0.15, 0.2) is 0 Å². The molecule has 0 bridgehead atoms. The highest BCUT2D eigenvalue weighted by Gasteiger charge is 2.23. The molecule has 2 aromatic heterocycles. The SMILES string of the molecule is Nc1ccc(CC(C(=O)O)c2cn(CC3=CCC=CC=C3)cn2)cn1. The van der Waals surface area contributed by atoms with Crippen LogP contribution in [0.5, 0.6) is 0 Å². The first-order chi connectivity index (χ1) is 12.1. The number of allylic oxidation sites excluding steroid dienone is 6. The van der Waals surface area contributed by atoms with Crippen LogP contribution in [0, 0.1) is 0 Å². The van der Waals surface area contributed by atoms with E-state index >= 15 is 0 Å². The van der Waals surface area contributed by atoms with Gasteiger partial charge in [-0.15, -0.1) is 0 Å². The Balaban J connectivity index is 1.74. The van der Waals surface area contributed by atoms with Gasteiger partial charge in [0.2, 0.25) is 0 Å².